The van der Waals surface area contributed by atoms with Crippen LogP contribution < -0.4 is 0 Å². The molecule has 1 aliphatic rings. The molecule has 0 bridgehead atoms. The first-order chi connectivity index (χ1) is 7.79. The predicted molar refractivity (Wildman–Crippen MR) is 62.3 cm³/mol. The third-order valence-electron chi connectivity index (χ3n) is 3.03. The highest BCUT2D eigenvalue weighted by atomic mass is 79.9. The van der Waals surface area contributed by atoms with Crippen molar-refractivity contribution in [3.63, 3.8) is 0 Å². The SMILES string of the molecule is CCCCC1(O)O[C@H](CO)[C@](O)(Br)[C@H](O)[C@H]1O. The Morgan fingerprint density at radius 2 is 1.82 bits per heavy atom. The van der Waals surface area contributed by atoms with Crippen LogP contribution in [0.5, 0.6) is 0 Å². The van der Waals surface area contributed by atoms with Gasteiger partial charge in [0, 0.05) is 6.42 Å². The van der Waals surface area contributed by atoms with Gasteiger partial charge in [0.25, 0.3) is 0 Å². The normalized spacial score (nSPS) is 47.1. The molecule has 0 saturated carbocycles. The van der Waals surface area contributed by atoms with E-state index in [-0.39, 0.29) is 6.42 Å². The van der Waals surface area contributed by atoms with Crippen LogP contribution in [0.25, 0.3) is 0 Å². The lowest BCUT2D eigenvalue weighted by molar-refractivity contribution is -0.357. The monoisotopic (exact) mass is 314 g/mol. The summed E-state index contributed by atoms with van der Waals surface area (Å²) in [5.74, 6) is -1.96. The number of unbranched alkanes of at least 4 members (excludes halogenated alkanes) is 1. The summed E-state index contributed by atoms with van der Waals surface area (Å²) in [6.45, 7) is 1.30. The van der Waals surface area contributed by atoms with Gasteiger partial charge in [0.05, 0.1) is 6.61 Å². The summed E-state index contributed by atoms with van der Waals surface area (Å²) in [4.78, 5) is 0. The molecule has 0 aromatic heterocycles. The Morgan fingerprint density at radius 3 is 2.29 bits per heavy atom. The Morgan fingerprint density at radius 1 is 1.24 bits per heavy atom. The van der Waals surface area contributed by atoms with E-state index >= 15 is 0 Å². The van der Waals surface area contributed by atoms with Crippen molar-refractivity contribution in [2.24, 2.45) is 0 Å². The zero-order valence-electron chi connectivity index (χ0n) is 9.58. The number of alkyl halides is 1. The van der Waals surface area contributed by atoms with Gasteiger partial charge in [-0.05, 0) is 22.4 Å². The van der Waals surface area contributed by atoms with E-state index in [0.717, 1.165) is 6.42 Å². The summed E-state index contributed by atoms with van der Waals surface area (Å²) < 4.78 is 3.14. The third-order valence-corrected chi connectivity index (χ3v) is 4.01. The van der Waals surface area contributed by atoms with Crippen molar-refractivity contribution in [1.82, 2.24) is 0 Å². The average molecular weight is 315 g/mol. The van der Waals surface area contributed by atoms with E-state index in [1.54, 1.807) is 0 Å². The van der Waals surface area contributed by atoms with Gasteiger partial charge in [-0.25, -0.2) is 0 Å². The Hall–Kier alpha value is 0.240. The lowest BCUT2D eigenvalue weighted by atomic mass is 9.89. The second kappa shape index (κ2) is 5.48. The molecule has 0 amide bonds. The highest BCUT2D eigenvalue weighted by molar-refractivity contribution is 9.10. The number of halogens is 1. The van der Waals surface area contributed by atoms with Gasteiger partial charge in [0.1, 0.15) is 18.3 Å². The Balaban J connectivity index is 2.89. The molecule has 5 N–H and O–H groups in total. The van der Waals surface area contributed by atoms with Crippen LogP contribution in [-0.4, -0.2) is 60.7 Å². The summed E-state index contributed by atoms with van der Waals surface area (Å²) >= 11 is 2.79. The van der Waals surface area contributed by atoms with Gasteiger partial charge in [0.15, 0.2) is 10.3 Å². The maximum absolute atomic E-state index is 10.1. The molecule has 1 saturated heterocycles. The second-order valence-corrected chi connectivity index (χ2v) is 5.63. The molecule has 1 fully saturated rings. The number of rotatable bonds is 4. The number of hydrogen-bond donors (Lipinski definition) is 5. The van der Waals surface area contributed by atoms with Crippen molar-refractivity contribution in [1.29, 1.82) is 0 Å². The van der Waals surface area contributed by atoms with Crippen LogP contribution in [-0.2, 0) is 4.74 Å². The lowest BCUT2D eigenvalue weighted by Gasteiger charge is -2.49. The molecule has 7 heteroatoms. The molecule has 1 unspecified atom stereocenters. The Labute approximate surface area is 108 Å². The van der Waals surface area contributed by atoms with Crippen molar-refractivity contribution in [3.8, 4) is 0 Å². The maximum Gasteiger partial charge on any atom is 0.195 e. The van der Waals surface area contributed by atoms with E-state index in [2.05, 4.69) is 15.9 Å². The number of ether oxygens (including phenoxy) is 1. The van der Waals surface area contributed by atoms with E-state index in [1.165, 1.54) is 0 Å². The first-order valence-corrected chi connectivity index (χ1v) is 6.37. The Bertz CT molecular complexity index is 257. The van der Waals surface area contributed by atoms with Crippen molar-refractivity contribution >= 4 is 15.9 Å². The summed E-state index contributed by atoms with van der Waals surface area (Å²) in [5.41, 5.74) is 0. The van der Waals surface area contributed by atoms with Gasteiger partial charge in [-0.1, -0.05) is 13.3 Å². The lowest BCUT2D eigenvalue weighted by Crippen LogP contribution is -2.69. The van der Waals surface area contributed by atoms with Gasteiger partial charge in [-0.2, -0.15) is 0 Å². The average Bonchev–Trinajstić information content (AvgIpc) is 2.29. The van der Waals surface area contributed by atoms with E-state index in [9.17, 15) is 20.4 Å². The molecule has 0 spiro atoms. The second-order valence-electron chi connectivity index (χ2n) is 4.35. The minimum Gasteiger partial charge on any atom is -0.394 e. The molecule has 0 radical (unpaired) electrons. The minimum atomic E-state index is -1.99. The molecule has 0 aromatic rings. The number of hydrogen-bond acceptors (Lipinski definition) is 6. The summed E-state index contributed by atoms with van der Waals surface area (Å²) in [5, 5.41) is 48.5. The molecule has 5 atom stereocenters. The van der Waals surface area contributed by atoms with Crippen molar-refractivity contribution in [3.05, 3.63) is 0 Å². The van der Waals surface area contributed by atoms with Crippen LogP contribution in [0, 0.1) is 0 Å². The number of aliphatic hydroxyl groups excluding tert-OH is 3. The third kappa shape index (κ3) is 2.81. The van der Waals surface area contributed by atoms with Gasteiger partial charge in [-0.3, -0.25) is 0 Å². The smallest absolute Gasteiger partial charge is 0.195 e. The highest BCUT2D eigenvalue weighted by Crippen LogP contribution is 2.40. The van der Waals surface area contributed by atoms with Crippen LogP contribution in [0.4, 0.5) is 0 Å². The maximum atomic E-state index is 10.1. The molecular weight excluding hydrogens is 296 g/mol. The van der Waals surface area contributed by atoms with E-state index in [4.69, 9.17) is 9.84 Å². The van der Waals surface area contributed by atoms with Crippen LogP contribution >= 0.6 is 15.9 Å². The van der Waals surface area contributed by atoms with E-state index in [0.29, 0.717) is 6.42 Å². The van der Waals surface area contributed by atoms with E-state index in [1.807, 2.05) is 6.92 Å². The van der Waals surface area contributed by atoms with Crippen LogP contribution in [0.3, 0.4) is 0 Å². The fraction of sp³-hybridized carbons (Fsp3) is 1.00. The molecule has 1 heterocycles. The first-order valence-electron chi connectivity index (χ1n) is 5.58. The fourth-order valence-corrected chi connectivity index (χ4v) is 2.35. The zero-order chi connectivity index (χ0) is 13.3. The highest BCUT2D eigenvalue weighted by Gasteiger charge is 2.58. The largest absolute Gasteiger partial charge is 0.394 e. The summed E-state index contributed by atoms with van der Waals surface area (Å²) in [7, 11) is 0. The number of aliphatic hydroxyl groups is 5. The Kier molecular flexibility index (Phi) is 4.93. The molecule has 6 nitrogen and oxygen atoms in total. The molecule has 1 rings (SSSR count). The van der Waals surface area contributed by atoms with E-state index < -0.39 is 35.2 Å². The van der Waals surface area contributed by atoms with Gasteiger partial charge >= 0.3 is 0 Å². The van der Waals surface area contributed by atoms with Gasteiger partial charge in [0.2, 0.25) is 0 Å². The molecule has 102 valence electrons. The van der Waals surface area contributed by atoms with Crippen molar-refractivity contribution in [2.75, 3.05) is 6.61 Å². The van der Waals surface area contributed by atoms with Gasteiger partial charge in [-0.15, -0.1) is 0 Å². The molecule has 17 heavy (non-hydrogen) atoms. The molecule has 0 aliphatic carbocycles. The van der Waals surface area contributed by atoms with Crippen molar-refractivity contribution < 1.29 is 30.3 Å². The van der Waals surface area contributed by atoms with Crippen molar-refractivity contribution in [2.45, 2.75) is 54.8 Å². The standard InChI is InChI=1S/C10H19BrO6/c1-2-3-4-9(15)7(13)8(14)10(11,16)6(5-12)17-9/h6-8,12-16H,2-5H2,1H3/t6-,7-,8-,9?,10-/m1/s1. The topological polar surface area (TPSA) is 110 Å². The quantitative estimate of drug-likeness (QED) is 0.428. The fourth-order valence-electron chi connectivity index (χ4n) is 1.86. The molecule has 1 aliphatic heterocycles. The predicted octanol–water partition coefficient (Wildman–Crippen LogP) is -0.938. The summed E-state index contributed by atoms with van der Waals surface area (Å²) in [6.07, 6.45) is -3.06. The minimum absolute atomic E-state index is 0.112. The van der Waals surface area contributed by atoms with Crippen LogP contribution in [0.2, 0.25) is 0 Å². The zero-order valence-corrected chi connectivity index (χ0v) is 11.2. The van der Waals surface area contributed by atoms with Crippen LogP contribution in [0.15, 0.2) is 0 Å². The van der Waals surface area contributed by atoms with Gasteiger partial charge < -0.3 is 30.3 Å². The summed E-state index contributed by atoms with van der Waals surface area (Å²) in [6, 6.07) is 0. The first kappa shape index (κ1) is 15.3. The molecule has 0 aromatic carbocycles. The molecular formula is C10H19BrO6. The van der Waals surface area contributed by atoms with Crippen LogP contribution in [0.1, 0.15) is 26.2 Å².